The monoisotopic (exact) mass is 488 g/mol. The lowest BCUT2D eigenvalue weighted by atomic mass is 10.1. The van der Waals surface area contributed by atoms with Crippen LogP contribution in [0.4, 0.5) is 5.69 Å². The van der Waals surface area contributed by atoms with Crippen molar-refractivity contribution in [3.05, 3.63) is 119 Å². The highest BCUT2D eigenvalue weighted by Crippen LogP contribution is 2.42. The molecule has 34 heavy (non-hydrogen) atoms. The van der Waals surface area contributed by atoms with Crippen LogP contribution in [0.15, 0.2) is 108 Å². The topological polar surface area (TPSA) is 58.2 Å². The van der Waals surface area contributed by atoms with Gasteiger partial charge in [-0.3, -0.25) is 0 Å². The molecule has 0 unspecified atom stereocenters. The Hall–Kier alpha value is -3.12. The summed E-state index contributed by atoms with van der Waals surface area (Å²) in [7, 11) is -3.59. The van der Waals surface area contributed by atoms with Crippen molar-refractivity contribution in [1.29, 1.82) is 0 Å². The molecule has 4 aromatic rings. The van der Waals surface area contributed by atoms with Crippen LogP contribution in [-0.4, -0.2) is 14.5 Å². The van der Waals surface area contributed by atoms with E-state index in [-0.39, 0.29) is 16.9 Å². The smallest absolute Gasteiger partial charge is 0.240 e. The number of hydrogen-bond acceptors (Lipinski definition) is 3. The fourth-order valence-electron chi connectivity index (χ4n) is 4.11. The molecular formula is C28H25ClN2O2S. The highest BCUT2D eigenvalue weighted by Gasteiger charge is 2.41. The van der Waals surface area contributed by atoms with Gasteiger partial charge >= 0.3 is 0 Å². The van der Waals surface area contributed by atoms with Crippen molar-refractivity contribution >= 4 is 27.3 Å². The number of sulfonamides is 1. The van der Waals surface area contributed by atoms with Gasteiger partial charge in [0.05, 0.1) is 4.90 Å². The van der Waals surface area contributed by atoms with Crippen LogP contribution in [0.2, 0.25) is 5.02 Å². The second kappa shape index (κ2) is 9.63. The second-order valence-corrected chi connectivity index (χ2v) is 10.7. The third kappa shape index (κ3) is 5.33. The SMILES string of the molecule is O=S(=O)(N[C@@H]1C[C@H]1c1cccc(NCc2ccccc2)c1)c1ccc(-c2ccc(Cl)cc2)cc1. The lowest BCUT2D eigenvalue weighted by molar-refractivity contribution is 0.580. The van der Waals surface area contributed by atoms with Crippen LogP contribution in [0.5, 0.6) is 0 Å². The van der Waals surface area contributed by atoms with E-state index in [4.69, 9.17) is 11.6 Å². The van der Waals surface area contributed by atoms with Gasteiger partial charge in [-0.25, -0.2) is 13.1 Å². The van der Waals surface area contributed by atoms with Gasteiger partial charge in [-0.05, 0) is 65.1 Å². The molecule has 172 valence electrons. The van der Waals surface area contributed by atoms with Crippen molar-refractivity contribution in [2.75, 3.05) is 5.32 Å². The summed E-state index contributed by atoms with van der Waals surface area (Å²) in [5.74, 6) is 0.182. The summed E-state index contributed by atoms with van der Waals surface area (Å²) in [6.07, 6.45) is 0.796. The quantitative estimate of drug-likeness (QED) is 0.299. The first kappa shape index (κ1) is 22.7. The van der Waals surface area contributed by atoms with E-state index < -0.39 is 10.0 Å². The van der Waals surface area contributed by atoms with Crippen LogP contribution >= 0.6 is 11.6 Å². The van der Waals surface area contributed by atoms with Gasteiger partial charge in [0.1, 0.15) is 0 Å². The molecule has 4 aromatic carbocycles. The van der Waals surface area contributed by atoms with E-state index in [0.717, 1.165) is 35.3 Å². The van der Waals surface area contributed by atoms with Gasteiger partial charge < -0.3 is 5.32 Å². The maximum absolute atomic E-state index is 12.9. The Morgan fingerprint density at radius 2 is 1.47 bits per heavy atom. The fraction of sp³-hybridized carbons (Fsp3) is 0.143. The van der Waals surface area contributed by atoms with Crippen molar-refractivity contribution in [3.63, 3.8) is 0 Å². The van der Waals surface area contributed by atoms with Gasteiger partial charge in [0, 0.05) is 29.2 Å². The highest BCUT2D eigenvalue weighted by atomic mass is 35.5. The van der Waals surface area contributed by atoms with Crippen molar-refractivity contribution < 1.29 is 8.42 Å². The Morgan fingerprint density at radius 3 is 2.18 bits per heavy atom. The largest absolute Gasteiger partial charge is 0.381 e. The van der Waals surface area contributed by atoms with E-state index in [1.807, 2.05) is 66.7 Å². The molecule has 1 aliphatic rings. The van der Waals surface area contributed by atoms with E-state index in [1.165, 1.54) is 5.56 Å². The minimum absolute atomic E-state index is 0.0923. The normalized spacial score (nSPS) is 17.3. The summed E-state index contributed by atoms with van der Waals surface area (Å²) >= 11 is 5.95. The lowest BCUT2D eigenvalue weighted by Crippen LogP contribution is -2.26. The van der Waals surface area contributed by atoms with E-state index >= 15 is 0 Å². The molecule has 5 rings (SSSR count). The molecule has 0 radical (unpaired) electrons. The predicted octanol–water partition coefficient (Wildman–Crippen LogP) is 6.45. The summed E-state index contributed by atoms with van der Waals surface area (Å²) in [5, 5.41) is 4.12. The van der Waals surface area contributed by atoms with Gasteiger partial charge in [-0.15, -0.1) is 0 Å². The number of benzene rings is 4. The number of nitrogens with one attached hydrogen (secondary N) is 2. The summed E-state index contributed by atoms with van der Waals surface area (Å²) in [6, 6.07) is 32.8. The standard InChI is InChI=1S/C28H25ClN2O2S/c29-24-13-9-21(10-14-24)22-11-15-26(16-12-22)34(32,33)31-28-18-27(28)23-7-4-8-25(17-23)30-19-20-5-2-1-3-6-20/h1-17,27-28,30-31H,18-19H2/t27-,28+/m0/s1. The van der Waals surface area contributed by atoms with Gasteiger partial charge in [-0.1, -0.05) is 78.3 Å². The minimum Gasteiger partial charge on any atom is -0.381 e. The van der Waals surface area contributed by atoms with Crippen LogP contribution < -0.4 is 10.0 Å². The maximum Gasteiger partial charge on any atom is 0.240 e. The highest BCUT2D eigenvalue weighted by molar-refractivity contribution is 7.89. The summed E-state index contributed by atoms with van der Waals surface area (Å²) in [5.41, 5.74) is 5.33. The van der Waals surface area contributed by atoms with Crippen LogP contribution in [0.3, 0.4) is 0 Å². The molecule has 2 N–H and O–H groups in total. The molecule has 4 nitrogen and oxygen atoms in total. The second-order valence-electron chi connectivity index (χ2n) is 8.57. The molecule has 0 aromatic heterocycles. The van der Waals surface area contributed by atoms with Crippen molar-refractivity contribution in [2.45, 2.75) is 29.8 Å². The molecule has 2 atom stereocenters. The molecule has 0 amide bonds. The van der Waals surface area contributed by atoms with Crippen LogP contribution in [0, 0.1) is 0 Å². The Kier molecular flexibility index (Phi) is 6.42. The van der Waals surface area contributed by atoms with Gasteiger partial charge in [0.15, 0.2) is 0 Å². The first-order valence-corrected chi connectivity index (χ1v) is 13.1. The molecule has 1 fully saturated rings. The molecule has 6 heteroatoms. The summed E-state index contributed by atoms with van der Waals surface area (Å²) in [4.78, 5) is 0.272. The summed E-state index contributed by atoms with van der Waals surface area (Å²) in [6.45, 7) is 0.747. The van der Waals surface area contributed by atoms with Crippen LogP contribution in [-0.2, 0) is 16.6 Å². The van der Waals surface area contributed by atoms with Gasteiger partial charge in [-0.2, -0.15) is 0 Å². The van der Waals surface area contributed by atoms with Gasteiger partial charge in [0.25, 0.3) is 0 Å². The first-order valence-electron chi connectivity index (χ1n) is 11.2. The van der Waals surface area contributed by atoms with E-state index in [2.05, 4.69) is 34.3 Å². The molecule has 0 spiro atoms. The van der Waals surface area contributed by atoms with E-state index in [9.17, 15) is 8.42 Å². The molecule has 0 saturated heterocycles. The average Bonchev–Trinajstić information content (AvgIpc) is 3.62. The first-order chi connectivity index (χ1) is 16.5. The maximum atomic E-state index is 12.9. The molecule has 0 aliphatic heterocycles. The van der Waals surface area contributed by atoms with Crippen LogP contribution in [0.1, 0.15) is 23.5 Å². The summed E-state index contributed by atoms with van der Waals surface area (Å²) < 4.78 is 28.7. The number of anilines is 1. The lowest BCUT2D eigenvalue weighted by Gasteiger charge is -2.10. The van der Waals surface area contributed by atoms with E-state index in [1.54, 1.807) is 12.1 Å². The third-order valence-electron chi connectivity index (χ3n) is 6.09. The van der Waals surface area contributed by atoms with Crippen LogP contribution in [0.25, 0.3) is 11.1 Å². The fourth-order valence-corrected chi connectivity index (χ4v) is 5.52. The number of rotatable bonds is 8. The average molecular weight is 489 g/mol. The zero-order valence-electron chi connectivity index (χ0n) is 18.5. The van der Waals surface area contributed by atoms with Crippen molar-refractivity contribution in [3.8, 4) is 11.1 Å². The Balaban J connectivity index is 1.21. The third-order valence-corrected chi connectivity index (χ3v) is 7.85. The van der Waals surface area contributed by atoms with E-state index in [0.29, 0.717) is 5.02 Å². The Bertz CT molecular complexity index is 1370. The molecule has 0 bridgehead atoms. The minimum atomic E-state index is -3.59. The zero-order chi connectivity index (χ0) is 23.5. The van der Waals surface area contributed by atoms with Crippen molar-refractivity contribution in [2.24, 2.45) is 0 Å². The zero-order valence-corrected chi connectivity index (χ0v) is 20.1. The number of hydrogen-bond donors (Lipinski definition) is 2. The Morgan fingerprint density at radius 1 is 0.794 bits per heavy atom. The molecule has 1 saturated carbocycles. The number of halogens is 1. The van der Waals surface area contributed by atoms with Crippen molar-refractivity contribution in [1.82, 2.24) is 4.72 Å². The Labute approximate surface area is 205 Å². The molecule has 1 aliphatic carbocycles. The molecular weight excluding hydrogens is 464 g/mol. The molecule has 0 heterocycles. The predicted molar refractivity (Wildman–Crippen MR) is 139 cm³/mol. The van der Waals surface area contributed by atoms with Gasteiger partial charge in [0.2, 0.25) is 10.0 Å².